The van der Waals surface area contributed by atoms with Crippen molar-refractivity contribution >= 4 is 15.9 Å². The van der Waals surface area contributed by atoms with Gasteiger partial charge in [0.25, 0.3) is 0 Å². The van der Waals surface area contributed by atoms with E-state index < -0.39 is 0 Å². The average Bonchev–Trinajstić information content (AvgIpc) is 2.26. The van der Waals surface area contributed by atoms with E-state index in [0.29, 0.717) is 13.2 Å². The molecule has 0 saturated heterocycles. The largest absolute Gasteiger partial charge is 0.382 e. The molecule has 0 aliphatic heterocycles. The molecule has 4 heteroatoms. The third-order valence-corrected chi connectivity index (χ3v) is 2.79. The molecule has 0 bridgehead atoms. The molecular weight excluding hydrogens is 270 g/mol. The normalized spacial score (nSPS) is 14.8. The van der Waals surface area contributed by atoms with E-state index in [1.807, 2.05) is 31.2 Å². The fourth-order valence-electron chi connectivity index (χ4n) is 1.46. The Balaban J connectivity index is 2.65. The van der Waals surface area contributed by atoms with Crippen molar-refractivity contribution in [3.8, 4) is 0 Å². The number of hydrogen-bond donors (Lipinski definition) is 1. The SMILES string of the molecule is COCCOC(c1ccc(Br)cc1)C(C)N. The highest BCUT2D eigenvalue weighted by Crippen LogP contribution is 2.22. The van der Waals surface area contributed by atoms with Gasteiger partial charge in [0.2, 0.25) is 0 Å². The molecule has 2 atom stereocenters. The molecule has 90 valence electrons. The molecule has 0 spiro atoms. The fourth-order valence-corrected chi connectivity index (χ4v) is 1.73. The van der Waals surface area contributed by atoms with Crippen LogP contribution in [0.1, 0.15) is 18.6 Å². The molecule has 1 aromatic carbocycles. The van der Waals surface area contributed by atoms with Crippen molar-refractivity contribution in [1.82, 2.24) is 0 Å². The maximum atomic E-state index is 5.91. The van der Waals surface area contributed by atoms with Crippen LogP contribution in [0.5, 0.6) is 0 Å². The molecule has 0 fully saturated rings. The average molecular weight is 288 g/mol. The summed E-state index contributed by atoms with van der Waals surface area (Å²) in [5, 5.41) is 0. The maximum absolute atomic E-state index is 5.91. The minimum Gasteiger partial charge on any atom is -0.382 e. The molecule has 0 radical (unpaired) electrons. The van der Waals surface area contributed by atoms with Crippen LogP contribution in [0.25, 0.3) is 0 Å². The van der Waals surface area contributed by atoms with E-state index in [4.69, 9.17) is 15.2 Å². The highest BCUT2D eigenvalue weighted by Gasteiger charge is 2.16. The smallest absolute Gasteiger partial charge is 0.0974 e. The second-order valence-electron chi connectivity index (χ2n) is 3.69. The van der Waals surface area contributed by atoms with Crippen molar-refractivity contribution in [3.05, 3.63) is 34.3 Å². The molecule has 0 aromatic heterocycles. The summed E-state index contributed by atoms with van der Waals surface area (Å²) in [5.74, 6) is 0. The molecule has 0 heterocycles. The van der Waals surface area contributed by atoms with Crippen LogP contribution in [0.2, 0.25) is 0 Å². The summed E-state index contributed by atoms with van der Waals surface area (Å²) in [4.78, 5) is 0. The first kappa shape index (κ1) is 13.6. The summed E-state index contributed by atoms with van der Waals surface area (Å²) in [6, 6.07) is 7.97. The molecule has 0 saturated carbocycles. The van der Waals surface area contributed by atoms with Gasteiger partial charge in [0.1, 0.15) is 0 Å². The van der Waals surface area contributed by atoms with Crippen LogP contribution in [0.15, 0.2) is 28.7 Å². The zero-order chi connectivity index (χ0) is 12.0. The first-order valence-electron chi connectivity index (χ1n) is 5.26. The lowest BCUT2D eigenvalue weighted by Crippen LogP contribution is -2.27. The van der Waals surface area contributed by atoms with E-state index >= 15 is 0 Å². The molecule has 0 aliphatic rings. The minimum atomic E-state index is -0.0803. The number of hydrogen-bond acceptors (Lipinski definition) is 3. The first-order valence-corrected chi connectivity index (χ1v) is 6.06. The highest BCUT2D eigenvalue weighted by atomic mass is 79.9. The van der Waals surface area contributed by atoms with Crippen LogP contribution >= 0.6 is 15.9 Å². The lowest BCUT2D eigenvalue weighted by atomic mass is 10.0. The van der Waals surface area contributed by atoms with Gasteiger partial charge in [-0.3, -0.25) is 0 Å². The number of rotatable bonds is 6. The van der Waals surface area contributed by atoms with Gasteiger partial charge in [0, 0.05) is 17.6 Å². The Labute approximate surface area is 105 Å². The van der Waals surface area contributed by atoms with Gasteiger partial charge >= 0.3 is 0 Å². The van der Waals surface area contributed by atoms with Crippen molar-refractivity contribution < 1.29 is 9.47 Å². The van der Waals surface area contributed by atoms with Crippen LogP contribution in [-0.2, 0) is 9.47 Å². The topological polar surface area (TPSA) is 44.5 Å². The Morgan fingerprint density at radius 3 is 2.38 bits per heavy atom. The Bertz CT molecular complexity index is 300. The van der Waals surface area contributed by atoms with Gasteiger partial charge in [-0.05, 0) is 24.6 Å². The van der Waals surface area contributed by atoms with Gasteiger partial charge < -0.3 is 15.2 Å². The maximum Gasteiger partial charge on any atom is 0.0974 e. The summed E-state index contributed by atoms with van der Waals surface area (Å²) in [5.41, 5.74) is 7.00. The van der Waals surface area contributed by atoms with Crippen LogP contribution < -0.4 is 5.73 Å². The summed E-state index contributed by atoms with van der Waals surface area (Å²) in [6.45, 7) is 3.08. The lowest BCUT2D eigenvalue weighted by Gasteiger charge is -2.21. The summed E-state index contributed by atoms with van der Waals surface area (Å²) >= 11 is 3.40. The molecule has 16 heavy (non-hydrogen) atoms. The Morgan fingerprint density at radius 2 is 1.88 bits per heavy atom. The summed E-state index contributed by atoms with van der Waals surface area (Å²) in [6.07, 6.45) is -0.0803. The van der Waals surface area contributed by atoms with Gasteiger partial charge in [-0.1, -0.05) is 28.1 Å². The molecule has 3 nitrogen and oxygen atoms in total. The van der Waals surface area contributed by atoms with E-state index in [0.717, 1.165) is 10.0 Å². The third kappa shape index (κ3) is 4.22. The number of halogens is 1. The quantitative estimate of drug-likeness (QED) is 0.818. The monoisotopic (exact) mass is 287 g/mol. The van der Waals surface area contributed by atoms with Gasteiger partial charge in [-0.15, -0.1) is 0 Å². The second-order valence-corrected chi connectivity index (χ2v) is 4.61. The number of nitrogens with two attached hydrogens (primary N) is 1. The van der Waals surface area contributed by atoms with Crippen molar-refractivity contribution in [3.63, 3.8) is 0 Å². The summed E-state index contributed by atoms with van der Waals surface area (Å²) in [7, 11) is 1.66. The molecule has 0 amide bonds. The Kier molecular flexibility index (Phi) is 5.98. The van der Waals surface area contributed by atoms with Crippen LogP contribution in [0.4, 0.5) is 0 Å². The predicted octanol–water partition coefficient (Wildman–Crippen LogP) is 2.50. The van der Waals surface area contributed by atoms with Gasteiger partial charge in [0.15, 0.2) is 0 Å². The molecule has 1 aromatic rings. The number of methoxy groups -OCH3 is 1. The molecule has 2 N–H and O–H groups in total. The van der Waals surface area contributed by atoms with E-state index in [1.165, 1.54) is 0 Å². The van der Waals surface area contributed by atoms with Crippen molar-refractivity contribution in [2.75, 3.05) is 20.3 Å². The first-order chi connectivity index (χ1) is 7.65. The molecule has 0 aliphatic carbocycles. The highest BCUT2D eigenvalue weighted by molar-refractivity contribution is 9.10. The predicted molar refractivity (Wildman–Crippen MR) is 68.4 cm³/mol. The van der Waals surface area contributed by atoms with Gasteiger partial charge in [-0.2, -0.15) is 0 Å². The van der Waals surface area contributed by atoms with Crippen molar-refractivity contribution in [2.45, 2.75) is 19.1 Å². The van der Waals surface area contributed by atoms with Gasteiger partial charge in [0.05, 0.1) is 19.3 Å². The van der Waals surface area contributed by atoms with Crippen molar-refractivity contribution in [1.29, 1.82) is 0 Å². The number of benzene rings is 1. The van der Waals surface area contributed by atoms with Crippen LogP contribution in [-0.4, -0.2) is 26.4 Å². The van der Waals surface area contributed by atoms with E-state index in [2.05, 4.69) is 15.9 Å². The lowest BCUT2D eigenvalue weighted by molar-refractivity contribution is 0.00617. The second kappa shape index (κ2) is 7.01. The molecule has 2 unspecified atom stereocenters. The van der Waals surface area contributed by atoms with Gasteiger partial charge in [-0.25, -0.2) is 0 Å². The fraction of sp³-hybridized carbons (Fsp3) is 0.500. The van der Waals surface area contributed by atoms with E-state index in [-0.39, 0.29) is 12.1 Å². The number of ether oxygens (including phenoxy) is 2. The van der Waals surface area contributed by atoms with Crippen LogP contribution in [0.3, 0.4) is 0 Å². The Hall–Kier alpha value is -0.420. The standard InChI is InChI=1S/C12H18BrNO2/c1-9(14)12(16-8-7-15-2)10-3-5-11(13)6-4-10/h3-6,9,12H,7-8,14H2,1-2H3. The third-order valence-electron chi connectivity index (χ3n) is 2.26. The summed E-state index contributed by atoms with van der Waals surface area (Å²) < 4.78 is 11.7. The zero-order valence-electron chi connectivity index (χ0n) is 9.65. The van der Waals surface area contributed by atoms with E-state index in [1.54, 1.807) is 7.11 Å². The Morgan fingerprint density at radius 1 is 1.25 bits per heavy atom. The molecular formula is C12H18BrNO2. The van der Waals surface area contributed by atoms with Crippen molar-refractivity contribution in [2.24, 2.45) is 5.73 Å². The zero-order valence-corrected chi connectivity index (χ0v) is 11.2. The minimum absolute atomic E-state index is 0.0435. The van der Waals surface area contributed by atoms with Crippen LogP contribution in [0, 0.1) is 0 Å². The van der Waals surface area contributed by atoms with E-state index in [9.17, 15) is 0 Å². The molecule has 1 rings (SSSR count).